The summed E-state index contributed by atoms with van der Waals surface area (Å²) in [6, 6.07) is 5.24. The quantitative estimate of drug-likeness (QED) is 0.799. The molecule has 1 N–H and O–H groups in total. The van der Waals surface area contributed by atoms with Gasteiger partial charge >= 0.3 is 0 Å². The van der Waals surface area contributed by atoms with Crippen LogP contribution < -0.4 is 5.32 Å². The molecule has 0 fully saturated rings. The van der Waals surface area contributed by atoms with E-state index in [-0.39, 0.29) is 5.91 Å². The predicted octanol–water partition coefficient (Wildman–Crippen LogP) is 3.55. The number of benzene rings is 1. The zero-order chi connectivity index (χ0) is 14.2. The van der Waals surface area contributed by atoms with Crippen molar-refractivity contribution in [1.82, 2.24) is 9.78 Å². The van der Waals surface area contributed by atoms with E-state index in [0.717, 1.165) is 20.6 Å². The number of carbonyl (C=O) groups excluding carboxylic acids is 1. The van der Waals surface area contributed by atoms with Crippen LogP contribution in [0.2, 0.25) is 5.02 Å². The van der Waals surface area contributed by atoms with Gasteiger partial charge in [0.2, 0.25) is 0 Å². The number of hydrogen-bond donors (Lipinski definition) is 1. The van der Waals surface area contributed by atoms with Crippen LogP contribution in [-0.4, -0.2) is 15.7 Å². The molecule has 0 aliphatic heterocycles. The summed E-state index contributed by atoms with van der Waals surface area (Å²) in [7, 11) is 1.85. The highest BCUT2D eigenvalue weighted by Gasteiger charge is 2.14. The van der Waals surface area contributed by atoms with E-state index in [4.69, 9.17) is 11.6 Å². The Morgan fingerprint density at radius 2 is 2.11 bits per heavy atom. The third-order valence-electron chi connectivity index (χ3n) is 2.93. The zero-order valence-electron chi connectivity index (χ0n) is 10.8. The number of amides is 1. The van der Waals surface area contributed by atoms with E-state index in [1.807, 2.05) is 27.0 Å². The van der Waals surface area contributed by atoms with Gasteiger partial charge in [0.05, 0.1) is 22.1 Å². The van der Waals surface area contributed by atoms with Gasteiger partial charge in [0.1, 0.15) is 0 Å². The van der Waals surface area contributed by atoms with Crippen LogP contribution in [0.1, 0.15) is 21.7 Å². The standard InChI is InChI=1S/C13H13ClIN3O/c1-7-12(8(2)18(3)17-7)16-13(19)9-4-5-11(15)10(14)6-9/h4-6H,1-3H3,(H,16,19). The monoisotopic (exact) mass is 389 g/mol. The van der Waals surface area contributed by atoms with Crippen molar-refractivity contribution in [1.29, 1.82) is 0 Å². The number of halogens is 2. The van der Waals surface area contributed by atoms with Gasteiger partial charge in [-0.1, -0.05) is 11.6 Å². The minimum Gasteiger partial charge on any atom is -0.319 e. The number of aromatic nitrogens is 2. The Bertz CT molecular complexity index is 652. The summed E-state index contributed by atoms with van der Waals surface area (Å²) in [6.07, 6.45) is 0. The van der Waals surface area contributed by atoms with Gasteiger partial charge in [-0.2, -0.15) is 5.10 Å². The molecule has 1 amide bonds. The highest BCUT2D eigenvalue weighted by Crippen LogP contribution is 2.22. The average molecular weight is 390 g/mol. The van der Waals surface area contributed by atoms with E-state index in [1.54, 1.807) is 16.8 Å². The lowest BCUT2D eigenvalue weighted by Gasteiger charge is -2.06. The fourth-order valence-corrected chi connectivity index (χ4v) is 2.29. The summed E-state index contributed by atoms with van der Waals surface area (Å²) in [5, 5.41) is 7.72. The summed E-state index contributed by atoms with van der Waals surface area (Å²) >= 11 is 8.15. The van der Waals surface area contributed by atoms with Crippen molar-refractivity contribution in [3.05, 3.63) is 43.7 Å². The van der Waals surface area contributed by atoms with Crippen LogP contribution in [0, 0.1) is 17.4 Å². The largest absolute Gasteiger partial charge is 0.319 e. The lowest BCUT2D eigenvalue weighted by molar-refractivity contribution is 0.102. The fourth-order valence-electron chi connectivity index (χ4n) is 1.78. The Morgan fingerprint density at radius 3 is 2.63 bits per heavy atom. The molecule has 0 saturated carbocycles. The van der Waals surface area contributed by atoms with Crippen LogP contribution in [0.4, 0.5) is 5.69 Å². The number of rotatable bonds is 2. The van der Waals surface area contributed by atoms with Crippen molar-refractivity contribution in [3.63, 3.8) is 0 Å². The topological polar surface area (TPSA) is 46.9 Å². The molecule has 0 atom stereocenters. The second kappa shape index (κ2) is 5.50. The van der Waals surface area contributed by atoms with E-state index in [9.17, 15) is 4.79 Å². The summed E-state index contributed by atoms with van der Waals surface area (Å²) in [5.74, 6) is -0.183. The van der Waals surface area contributed by atoms with Gasteiger partial charge in [-0.3, -0.25) is 9.48 Å². The molecule has 1 aromatic heterocycles. The van der Waals surface area contributed by atoms with E-state index >= 15 is 0 Å². The second-order valence-corrected chi connectivity index (χ2v) is 5.82. The number of hydrogen-bond acceptors (Lipinski definition) is 2. The van der Waals surface area contributed by atoms with Crippen LogP contribution in [0.15, 0.2) is 18.2 Å². The van der Waals surface area contributed by atoms with Gasteiger partial charge in [0.25, 0.3) is 5.91 Å². The molecule has 0 spiro atoms. The Hall–Kier alpha value is -1.08. The first-order valence-electron chi connectivity index (χ1n) is 5.66. The number of carbonyl (C=O) groups is 1. The smallest absolute Gasteiger partial charge is 0.255 e. The summed E-state index contributed by atoms with van der Waals surface area (Å²) in [6.45, 7) is 3.78. The Labute approximate surface area is 130 Å². The van der Waals surface area contributed by atoms with Crippen molar-refractivity contribution in [2.45, 2.75) is 13.8 Å². The summed E-state index contributed by atoms with van der Waals surface area (Å²) in [5.41, 5.74) is 3.00. The molecule has 19 heavy (non-hydrogen) atoms. The first kappa shape index (κ1) is 14.3. The molecule has 0 saturated heterocycles. The molecule has 0 radical (unpaired) electrons. The first-order chi connectivity index (χ1) is 8.90. The van der Waals surface area contributed by atoms with Crippen molar-refractivity contribution >= 4 is 45.8 Å². The minimum absolute atomic E-state index is 0.183. The zero-order valence-corrected chi connectivity index (χ0v) is 13.7. The van der Waals surface area contributed by atoms with Crippen LogP contribution in [0.3, 0.4) is 0 Å². The predicted molar refractivity (Wildman–Crippen MR) is 84.8 cm³/mol. The van der Waals surface area contributed by atoms with Gasteiger partial charge < -0.3 is 5.32 Å². The maximum Gasteiger partial charge on any atom is 0.255 e. The van der Waals surface area contributed by atoms with Gasteiger partial charge in [-0.05, 0) is 54.6 Å². The van der Waals surface area contributed by atoms with Gasteiger partial charge in [0, 0.05) is 16.2 Å². The van der Waals surface area contributed by atoms with Crippen LogP contribution in [-0.2, 0) is 7.05 Å². The van der Waals surface area contributed by atoms with Crippen molar-refractivity contribution < 1.29 is 4.79 Å². The molecule has 0 unspecified atom stereocenters. The lowest BCUT2D eigenvalue weighted by atomic mass is 10.2. The van der Waals surface area contributed by atoms with Gasteiger partial charge in [0.15, 0.2) is 0 Å². The van der Waals surface area contributed by atoms with Crippen molar-refractivity contribution in [2.75, 3.05) is 5.32 Å². The molecule has 0 aliphatic carbocycles. The second-order valence-electron chi connectivity index (χ2n) is 4.25. The third-order valence-corrected chi connectivity index (χ3v) is 4.50. The van der Waals surface area contributed by atoms with Gasteiger partial charge in [-0.15, -0.1) is 0 Å². The van der Waals surface area contributed by atoms with Crippen LogP contribution in [0.5, 0.6) is 0 Å². The van der Waals surface area contributed by atoms with Crippen LogP contribution >= 0.6 is 34.2 Å². The van der Waals surface area contributed by atoms with E-state index in [0.29, 0.717) is 10.6 Å². The molecular weight excluding hydrogens is 377 g/mol. The summed E-state index contributed by atoms with van der Waals surface area (Å²) in [4.78, 5) is 12.2. The number of nitrogens with one attached hydrogen (secondary N) is 1. The fraction of sp³-hybridized carbons (Fsp3) is 0.231. The SMILES string of the molecule is Cc1nn(C)c(C)c1NC(=O)c1ccc(I)c(Cl)c1. The van der Waals surface area contributed by atoms with E-state index in [1.165, 1.54) is 0 Å². The number of aryl methyl sites for hydroxylation is 2. The Morgan fingerprint density at radius 1 is 1.42 bits per heavy atom. The molecule has 4 nitrogen and oxygen atoms in total. The molecule has 1 aromatic carbocycles. The molecule has 100 valence electrons. The van der Waals surface area contributed by atoms with E-state index < -0.39 is 0 Å². The number of nitrogens with zero attached hydrogens (tertiary/aromatic N) is 2. The van der Waals surface area contributed by atoms with Gasteiger partial charge in [-0.25, -0.2) is 0 Å². The third kappa shape index (κ3) is 2.92. The summed E-state index contributed by atoms with van der Waals surface area (Å²) < 4.78 is 2.66. The highest BCUT2D eigenvalue weighted by atomic mass is 127. The van der Waals surface area contributed by atoms with Crippen molar-refractivity contribution in [2.24, 2.45) is 7.05 Å². The average Bonchev–Trinajstić information content (AvgIpc) is 2.59. The lowest BCUT2D eigenvalue weighted by Crippen LogP contribution is -2.13. The minimum atomic E-state index is -0.183. The molecule has 2 aromatic rings. The molecule has 1 heterocycles. The van der Waals surface area contributed by atoms with E-state index in [2.05, 4.69) is 33.0 Å². The molecule has 0 bridgehead atoms. The first-order valence-corrected chi connectivity index (χ1v) is 7.12. The van der Waals surface area contributed by atoms with Crippen LogP contribution in [0.25, 0.3) is 0 Å². The van der Waals surface area contributed by atoms with Crippen molar-refractivity contribution in [3.8, 4) is 0 Å². The Balaban J connectivity index is 2.28. The normalized spacial score (nSPS) is 10.6. The molecular formula is C13H13ClIN3O. The molecule has 2 rings (SSSR count). The Kier molecular flexibility index (Phi) is 4.15. The number of anilines is 1. The highest BCUT2D eigenvalue weighted by molar-refractivity contribution is 14.1. The maximum absolute atomic E-state index is 12.2. The molecule has 0 aliphatic rings. The maximum atomic E-state index is 12.2. The molecule has 6 heteroatoms.